The van der Waals surface area contributed by atoms with E-state index in [2.05, 4.69) is 27.7 Å². The molecule has 3 aliphatic heterocycles. The summed E-state index contributed by atoms with van der Waals surface area (Å²) in [6.45, 7) is 11.9. The number of hydrogen-bond donors (Lipinski definition) is 2. The molecule has 3 aliphatic rings. The van der Waals surface area contributed by atoms with E-state index in [1.807, 2.05) is 19.1 Å². The second-order valence-corrected chi connectivity index (χ2v) is 11.9. The Hall–Kier alpha value is -3.72. The molecule has 3 aromatic rings. The number of esters is 1. The first kappa shape index (κ1) is 31.7. The maximum absolute atomic E-state index is 12.5. The standard InChI is InChI=1S/C34H36N4O5.Fe/c1-7-20-17(3)23-13-24-19(5)22(9-10-31(39)40)28(37-24)16-30-34(12-11-32(41)43-34)33(6,42)29(38-30)15-27-21(8-2)18(4)25(36-27)14-26(20)35-23;/h13-16,42H,7-12H2,1-6H3,(H,39,40);/q-4;+4/b23-13-,26-14-,29-15-,30-16-;/t33-,34+;/m0./s1. The first-order valence-corrected chi connectivity index (χ1v) is 14.9. The topological polar surface area (TPSA) is 140 Å². The smallest absolute Gasteiger partial charge is 0.659 e. The van der Waals surface area contributed by atoms with Crippen molar-refractivity contribution >= 4 is 36.2 Å². The van der Waals surface area contributed by atoms with E-state index in [1.54, 1.807) is 19.1 Å². The average Bonchev–Trinajstić information content (AvgIpc) is 3.69. The van der Waals surface area contributed by atoms with Gasteiger partial charge in [0.15, 0.2) is 0 Å². The number of aliphatic hydroxyl groups is 1. The molecule has 0 amide bonds. The molecule has 0 aromatic carbocycles. The van der Waals surface area contributed by atoms with Crippen LogP contribution in [0.3, 0.4) is 0 Å². The van der Waals surface area contributed by atoms with Gasteiger partial charge in [0.2, 0.25) is 0 Å². The van der Waals surface area contributed by atoms with Crippen molar-refractivity contribution in [3.63, 3.8) is 0 Å². The molecule has 6 rings (SSSR count). The second-order valence-electron chi connectivity index (χ2n) is 11.9. The van der Waals surface area contributed by atoms with Crippen LogP contribution in [0.15, 0.2) is 11.4 Å². The van der Waals surface area contributed by atoms with Gasteiger partial charge in [-0.3, -0.25) is 9.59 Å². The number of aromatic nitrogens is 3. The number of nitrogens with zero attached hydrogens (tertiary/aromatic N) is 4. The molecule has 2 saturated heterocycles. The number of ether oxygens (including phenoxy) is 1. The van der Waals surface area contributed by atoms with Crippen molar-refractivity contribution < 1.29 is 41.6 Å². The predicted molar refractivity (Wildman–Crippen MR) is 163 cm³/mol. The summed E-state index contributed by atoms with van der Waals surface area (Å²) in [5.74, 6) is -1.32. The number of carboxylic acids is 1. The maximum Gasteiger partial charge on any atom is 4.00 e. The van der Waals surface area contributed by atoms with Gasteiger partial charge in [0.05, 0.1) is 0 Å². The first-order chi connectivity index (χ1) is 20.4. The third kappa shape index (κ3) is 4.80. The monoisotopic (exact) mass is 636 g/mol. The Kier molecular flexibility index (Phi) is 8.16. The summed E-state index contributed by atoms with van der Waals surface area (Å²) in [5, 5.41) is 28.1. The average molecular weight is 637 g/mol. The summed E-state index contributed by atoms with van der Waals surface area (Å²) < 4.78 is 5.92. The molecule has 0 saturated carbocycles. The number of carbonyl (C=O) groups is 2. The van der Waals surface area contributed by atoms with Crippen LogP contribution >= 0.6 is 0 Å². The van der Waals surface area contributed by atoms with Gasteiger partial charge in [0, 0.05) is 19.3 Å². The Labute approximate surface area is 267 Å². The molecule has 0 aliphatic carbocycles. The minimum Gasteiger partial charge on any atom is -0.659 e. The van der Waals surface area contributed by atoms with E-state index in [0.29, 0.717) is 28.5 Å². The Morgan fingerprint density at radius 2 is 1.43 bits per heavy atom. The van der Waals surface area contributed by atoms with Crippen molar-refractivity contribution in [2.24, 2.45) is 0 Å². The number of carbonyl (C=O) groups excluding carboxylic acids is 1. The molecule has 2 N–H and O–H groups in total. The minimum atomic E-state index is -1.63. The van der Waals surface area contributed by atoms with Crippen LogP contribution in [-0.2, 0) is 50.7 Å². The van der Waals surface area contributed by atoms with E-state index in [4.69, 9.17) is 25.0 Å². The van der Waals surface area contributed by atoms with Gasteiger partial charge < -0.3 is 35.2 Å². The van der Waals surface area contributed by atoms with Gasteiger partial charge in [-0.05, 0) is 47.0 Å². The molecule has 2 fully saturated rings. The molecule has 0 radical (unpaired) electrons. The van der Waals surface area contributed by atoms with Crippen LogP contribution in [0.1, 0.15) is 96.2 Å². The van der Waals surface area contributed by atoms with Crippen LogP contribution in [-0.4, -0.2) is 33.4 Å². The molecular formula is C34H36FeN4O5. The SMILES string of the molecule is CCc1c2[n-]c(c1C)/C=c1\[n-]/c(c(C)c1CC)=C\c1[n-]c(c(CCC(=O)O)c1C)/C=C1\[N-]/C(=C\2)[C@](C)(O)[C@@]12CCC(=O)O2.[Fe+4]. The number of rotatable bonds is 5. The number of hydrogen-bond acceptors (Lipinski definition) is 4. The molecular weight excluding hydrogens is 600 g/mol. The Bertz CT molecular complexity index is 1870. The Balaban J connectivity index is 0.00000384. The zero-order valence-electron chi connectivity index (χ0n) is 25.8. The van der Waals surface area contributed by atoms with Crippen LogP contribution in [0.25, 0.3) is 29.6 Å². The molecule has 0 unspecified atom stereocenters. The summed E-state index contributed by atoms with van der Waals surface area (Å²) in [5.41, 5.74) is 6.36. The summed E-state index contributed by atoms with van der Waals surface area (Å²) in [7, 11) is 0. The van der Waals surface area contributed by atoms with Crippen molar-refractivity contribution in [2.75, 3.05) is 0 Å². The molecule has 3 aromatic heterocycles. The van der Waals surface area contributed by atoms with Crippen molar-refractivity contribution in [2.45, 2.75) is 91.3 Å². The summed E-state index contributed by atoms with van der Waals surface area (Å²) >= 11 is 0. The molecule has 10 heteroatoms. The molecule has 8 bridgehead atoms. The van der Waals surface area contributed by atoms with E-state index in [9.17, 15) is 19.8 Å². The molecule has 9 nitrogen and oxygen atoms in total. The van der Waals surface area contributed by atoms with E-state index in [1.165, 1.54) is 0 Å². The Morgan fingerprint density at radius 1 is 0.841 bits per heavy atom. The van der Waals surface area contributed by atoms with Gasteiger partial charge in [-0.1, -0.05) is 71.5 Å². The summed E-state index contributed by atoms with van der Waals surface area (Å²) in [4.78, 5) is 39.1. The van der Waals surface area contributed by atoms with Gasteiger partial charge in [0.1, 0.15) is 11.2 Å². The zero-order valence-corrected chi connectivity index (χ0v) is 26.9. The predicted octanol–water partition coefficient (Wildman–Crippen LogP) is 3.19. The van der Waals surface area contributed by atoms with Crippen LogP contribution < -0.4 is 25.7 Å². The van der Waals surface area contributed by atoms with Crippen LogP contribution in [0.4, 0.5) is 0 Å². The van der Waals surface area contributed by atoms with Crippen molar-refractivity contribution in [3.8, 4) is 0 Å². The number of aliphatic carboxylic acids is 1. The summed E-state index contributed by atoms with van der Waals surface area (Å²) in [6.07, 6.45) is 9.64. The zero-order chi connectivity index (χ0) is 30.8. The normalized spacial score (nSPS) is 25.9. The number of fused-ring (bicyclic) bond motifs is 9. The van der Waals surface area contributed by atoms with Crippen molar-refractivity contribution in [1.29, 1.82) is 0 Å². The van der Waals surface area contributed by atoms with Gasteiger partial charge in [-0.2, -0.15) is 0 Å². The van der Waals surface area contributed by atoms with Crippen LogP contribution in [0.2, 0.25) is 0 Å². The van der Waals surface area contributed by atoms with E-state index >= 15 is 0 Å². The third-order valence-electron chi connectivity index (χ3n) is 9.46. The maximum atomic E-state index is 12.5. The molecule has 2 atom stereocenters. The van der Waals surface area contributed by atoms with Crippen molar-refractivity contribution in [3.05, 3.63) is 83.6 Å². The summed E-state index contributed by atoms with van der Waals surface area (Å²) in [6, 6.07) is 0. The van der Waals surface area contributed by atoms with Crippen molar-refractivity contribution in [1.82, 2.24) is 15.0 Å². The van der Waals surface area contributed by atoms with E-state index < -0.39 is 23.1 Å². The molecule has 6 heterocycles. The first-order valence-electron chi connectivity index (χ1n) is 14.9. The minimum absolute atomic E-state index is 0. The third-order valence-corrected chi connectivity index (χ3v) is 9.46. The van der Waals surface area contributed by atoms with Gasteiger partial charge >= 0.3 is 29.0 Å². The van der Waals surface area contributed by atoms with Gasteiger partial charge in [-0.25, -0.2) is 0 Å². The van der Waals surface area contributed by atoms with Gasteiger partial charge in [0.25, 0.3) is 0 Å². The molecule has 1 spiro atoms. The quantitative estimate of drug-likeness (QED) is 0.322. The second kappa shape index (κ2) is 11.3. The molecule has 44 heavy (non-hydrogen) atoms. The van der Waals surface area contributed by atoms with Gasteiger partial charge in [-0.15, -0.1) is 44.9 Å². The fraction of sp³-hybridized carbons (Fsp3) is 0.412. The van der Waals surface area contributed by atoms with E-state index in [-0.39, 0.29) is 42.8 Å². The van der Waals surface area contributed by atoms with Crippen LogP contribution in [0, 0.1) is 20.8 Å². The largest absolute Gasteiger partial charge is 4.00 e. The van der Waals surface area contributed by atoms with E-state index in [0.717, 1.165) is 62.6 Å². The Morgan fingerprint density at radius 3 is 2.02 bits per heavy atom. The van der Waals surface area contributed by atoms with Crippen LogP contribution in [0.5, 0.6) is 0 Å². The fourth-order valence-corrected chi connectivity index (χ4v) is 6.83. The fourth-order valence-electron chi connectivity index (χ4n) is 6.83. The molecule has 230 valence electrons. The number of carboxylic acid groups (broad SMARTS) is 1.